The first-order valence-electron chi connectivity index (χ1n) is 9.60. The van der Waals surface area contributed by atoms with E-state index < -0.39 is 34.4 Å². The number of ether oxygens (including phenoxy) is 2. The summed E-state index contributed by atoms with van der Waals surface area (Å²) in [7, 11) is 2.38. The van der Waals surface area contributed by atoms with Crippen molar-refractivity contribution < 1.29 is 33.8 Å². The number of aromatic hydroxyl groups is 1. The van der Waals surface area contributed by atoms with Gasteiger partial charge in [-0.05, 0) is 31.9 Å². The largest absolute Gasteiger partial charge is 0.507 e. The van der Waals surface area contributed by atoms with Gasteiger partial charge in [-0.3, -0.25) is 4.79 Å². The van der Waals surface area contributed by atoms with Crippen LogP contribution in [-0.2, 0) is 30.3 Å². The van der Waals surface area contributed by atoms with Crippen LogP contribution in [0.1, 0.15) is 29.8 Å². The Hall–Kier alpha value is -3.07. The number of ketones is 1. The maximum Gasteiger partial charge on any atom is 0.355 e. The molecule has 2 aliphatic heterocycles. The zero-order chi connectivity index (χ0) is 22.7. The van der Waals surface area contributed by atoms with Crippen LogP contribution in [0.5, 0.6) is 5.75 Å². The molecule has 0 spiro atoms. The number of benzene rings is 1. The number of carbonyl (C=O) groups is 4. The van der Waals surface area contributed by atoms with Gasteiger partial charge in [-0.25, -0.2) is 9.59 Å². The molecule has 1 N–H and O–H groups in total. The molecule has 0 fully saturated rings. The number of Topliss-reactive ketones (excluding diaryl/α,β-unsaturated/α-hetero) is 1. The van der Waals surface area contributed by atoms with E-state index >= 15 is 0 Å². The smallest absolute Gasteiger partial charge is 0.355 e. The monoisotopic (exact) mass is 443 g/mol. The predicted octanol–water partition coefficient (Wildman–Crippen LogP) is 2.17. The van der Waals surface area contributed by atoms with E-state index in [2.05, 4.69) is 0 Å². The first kappa shape index (κ1) is 21.2. The van der Waals surface area contributed by atoms with Crippen molar-refractivity contribution in [2.24, 2.45) is 11.3 Å². The molecule has 3 aliphatic rings. The minimum Gasteiger partial charge on any atom is -0.507 e. The lowest BCUT2D eigenvalue weighted by molar-refractivity contribution is -0.143. The van der Waals surface area contributed by atoms with Gasteiger partial charge >= 0.3 is 11.9 Å². The number of thioether (sulfide) groups is 1. The van der Waals surface area contributed by atoms with Crippen molar-refractivity contribution in [3.8, 4) is 5.75 Å². The van der Waals surface area contributed by atoms with Crippen molar-refractivity contribution in [2.45, 2.75) is 25.6 Å². The number of methoxy groups -OCH3 is 2. The highest BCUT2D eigenvalue weighted by atomic mass is 32.2. The van der Waals surface area contributed by atoms with E-state index in [4.69, 9.17) is 9.47 Å². The zero-order valence-electron chi connectivity index (χ0n) is 17.4. The van der Waals surface area contributed by atoms with E-state index in [-0.39, 0.29) is 29.0 Å². The summed E-state index contributed by atoms with van der Waals surface area (Å²) < 4.78 is 9.96. The summed E-state index contributed by atoms with van der Waals surface area (Å²) in [4.78, 5) is 54.8. The lowest BCUT2D eigenvalue weighted by Crippen LogP contribution is -2.61. The highest BCUT2D eigenvalue weighted by Crippen LogP contribution is 2.59. The minimum absolute atomic E-state index is 0.0277. The Balaban J connectivity index is 2.11. The third-order valence-electron chi connectivity index (χ3n) is 6.38. The average Bonchev–Trinajstić information content (AvgIpc) is 3.06. The Bertz CT molecular complexity index is 1110. The van der Waals surface area contributed by atoms with Gasteiger partial charge in [0, 0.05) is 16.5 Å². The molecular weight excluding hydrogens is 422 g/mol. The minimum atomic E-state index is -1.71. The van der Waals surface area contributed by atoms with E-state index in [1.54, 1.807) is 19.1 Å². The van der Waals surface area contributed by atoms with Crippen molar-refractivity contribution in [3.63, 3.8) is 0 Å². The summed E-state index contributed by atoms with van der Waals surface area (Å²) in [6.07, 6.45) is 0.658. The van der Waals surface area contributed by atoms with Crippen LogP contribution in [0.4, 0.5) is 0 Å². The summed E-state index contributed by atoms with van der Waals surface area (Å²) in [5, 5.41) is 9.62. The normalized spacial score (nSPS) is 26.8. The number of hydrogen-bond acceptors (Lipinski definition) is 9. The van der Waals surface area contributed by atoms with E-state index in [0.717, 1.165) is 4.91 Å². The molecule has 0 aromatic heterocycles. The maximum absolute atomic E-state index is 13.8. The molecule has 1 aromatic carbocycles. The fourth-order valence-electron chi connectivity index (χ4n) is 4.80. The van der Waals surface area contributed by atoms with E-state index in [9.17, 15) is 24.3 Å². The van der Waals surface area contributed by atoms with Gasteiger partial charge in [0.1, 0.15) is 28.5 Å². The third kappa shape index (κ3) is 2.62. The van der Waals surface area contributed by atoms with Crippen LogP contribution in [0, 0.1) is 11.3 Å². The summed E-state index contributed by atoms with van der Waals surface area (Å²) in [5.74, 6) is -3.33. The molecule has 2 unspecified atom stereocenters. The fraction of sp³-hybridized carbons (Fsp3) is 0.364. The van der Waals surface area contributed by atoms with Crippen LogP contribution >= 0.6 is 11.8 Å². The molecule has 0 saturated carbocycles. The summed E-state index contributed by atoms with van der Waals surface area (Å²) in [6, 6.07) is 4.65. The molecule has 0 saturated heterocycles. The second kappa shape index (κ2) is 7.26. The Labute approximate surface area is 182 Å². The Morgan fingerprint density at radius 1 is 1.23 bits per heavy atom. The molecule has 31 heavy (non-hydrogen) atoms. The Kier molecular flexibility index (Phi) is 4.96. The molecule has 3 atom stereocenters. The molecule has 8 nitrogen and oxygen atoms in total. The van der Waals surface area contributed by atoms with Crippen LogP contribution in [0.2, 0.25) is 0 Å². The van der Waals surface area contributed by atoms with Crippen LogP contribution in [0.25, 0.3) is 0 Å². The number of aldehydes is 1. The number of nitrogens with zero attached hydrogens (tertiary/aromatic N) is 1. The zero-order valence-corrected chi connectivity index (χ0v) is 18.2. The van der Waals surface area contributed by atoms with E-state index in [0.29, 0.717) is 17.5 Å². The van der Waals surface area contributed by atoms with E-state index in [1.807, 2.05) is 6.92 Å². The summed E-state index contributed by atoms with van der Waals surface area (Å²) in [5.41, 5.74) is -0.617. The van der Waals surface area contributed by atoms with E-state index in [1.165, 1.54) is 36.9 Å². The first-order valence-corrected chi connectivity index (χ1v) is 10.5. The van der Waals surface area contributed by atoms with Crippen molar-refractivity contribution in [2.75, 3.05) is 14.2 Å². The number of phenolic OH excluding ortho intramolecular Hbond substituents is 1. The SMILES string of the molecule is COC(=O)C1=C(C(=O)OC)N2C(C)=C(C)SC2C2(C=O)C(=O)c3c(O)cccc3C[C@H]12. The molecular formula is C22H21NO7S. The first-order chi connectivity index (χ1) is 14.7. The number of phenols is 1. The van der Waals surface area contributed by atoms with Crippen LogP contribution < -0.4 is 0 Å². The molecule has 9 heteroatoms. The number of fused-ring (bicyclic) bond motifs is 4. The van der Waals surface area contributed by atoms with Crippen molar-refractivity contribution >= 4 is 35.8 Å². The maximum atomic E-state index is 13.8. The second-order valence-electron chi connectivity index (χ2n) is 7.68. The van der Waals surface area contributed by atoms with Gasteiger partial charge in [-0.2, -0.15) is 0 Å². The van der Waals surface area contributed by atoms with Gasteiger partial charge in [0.05, 0.1) is 25.4 Å². The highest BCUT2D eigenvalue weighted by Gasteiger charge is 2.65. The molecule has 162 valence electrons. The molecule has 0 amide bonds. The Morgan fingerprint density at radius 3 is 2.52 bits per heavy atom. The number of carbonyl (C=O) groups excluding carboxylic acids is 4. The van der Waals surface area contributed by atoms with Crippen molar-refractivity contribution in [3.05, 3.63) is 51.2 Å². The predicted molar refractivity (Wildman–Crippen MR) is 111 cm³/mol. The average molecular weight is 443 g/mol. The highest BCUT2D eigenvalue weighted by molar-refractivity contribution is 8.03. The van der Waals surface area contributed by atoms with Gasteiger partial charge in [0.15, 0.2) is 5.78 Å². The van der Waals surface area contributed by atoms with Gasteiger partial charge in [0.25, 0.3) is 0 Å². The fourth-order valence-corrected chi connectivity index (χ4v) is 6.29. The van der Waals surface area contributed by atoms with Gasteiger partial charge in [0.2, 0.25) is 0 Å². The summed E-state index contributed by atoms with van der Waals surface area (Å²) in [6.45, 7) is 3.56. The van der Waals surface area contributed by atoms with Gasteiger partial charge in [-0.1, -0.05) is 12.1 Å². The molecule has 0 radical (unpaired) electrons. The standard InChI is InChI=1S/C22H21NO7S/c1-10-11(2)31-21-22(9-24)13(8-12-6-5-7-14(25)15(12)18(22)26)16(19(27)29-3)17(23(10)21)20(28)30-4/h5-7,9,13,21,25H,8H2,1-4H3/t13-,21?,22?/m1/s1. The molecule has 1 aromatic rings. The van der Waals surface area contributed by atoms with Crippen molar-refractivity contribution in [1.82, 2.24) is 4.90 Å². The lowest BCUT2D eigenvalue weighted by Gasteiger charge is -2.50. The second-order valence-corrected chi connectivity index (χ2v) is 8.97. The number of hydrogen-bond donors (Lipinski definition) is 1. The number of rotatable bonds is 3. The number of allylic oxidation sites excluding steroid dienone is 2. The quantitative estimate of drug-likeness (QED) is 0.427. The molecule has 0 bridgehead atoms. The van der Waals surface area contributed by atoms with Crippen LogP contribution in [0.3, 0.4) is 0 Å². The molecule has 4 rings (SSSR count). The van der Waals surface area contributed by atoms with Gasteiger partial charge < -0.3 is 24.3 Å². The van der Waals surface area contributed by atoms with Crippen LogP contribution in [0.15, 0.2) is 40.1 Å². The van der Waals surface area contributed by atoms with Gasteiger partial charge in [-0.15, -0.1) is 11.8 Å². The lowest BCUT2D eigenvalue weighted by atomic mass is 9.59. The van der Waals surface area contributed by atoms with Crippen molar-refractivity contribution in [1.29, 1.82) is 0 Å². The number of esters is 2. The summed E-state index contributed by atoms with van der Waals surface area (Å²) >= 11 is 1.28. The molecule has 1 aliphatic carbocycles. The topological polar surface area (TPSA) is 110 Å². The third-order valence-corrected chi connectivity index (χ3v) is 7.85. The Morgan fingerprint density at radius 2 is 1.90 bits per heavy atom. The molecule has 2 heterocycles. The van der Waals surface area contributed by atoms with Crippen LogP contribution in [-0.4, -0.2) is 53.6 Å².